The Labute approximate surface area is 234 Å². The maximum Gasteiger partial charge on any atom is 0.226 e. The molecule has 216 valence electrons. The Bertz CT molecular complexity index is 1240. The molecule has 0 bridgehead atoms. The summed E-state index contributed by atoms with van der Waals surface area (Å²) in [6.45, 7) is 5.72. The van der Waals surface area contributed by atoms with Gasteiger partial charge in [0.25, 0.3) is 0 Å². The fraction of sp³-hybridized carbons (Fsp3) is 0.500. The van der Waals surface area contributed by atoms with E-state index in [9.17, 15) is 14.3 Å². The molecular weight excluding hydrogens is 513 g/mol. The highest BCUT2D eigenvalue weighted by molar-refractivity contribution is 5.93. The number of aliphatic hydroxyl groups is 1. The summed E-state index contributed by atoms with van der Waals surface area (Å²) in [6, 6.07) is 1.52. The monoisotopic (exact) mass is 553 g/mol. The molecular formula is C28H40FN9O2. The van der Waals surface area contributed by atoms with Crippen molar-refractivity contribution in [2.75, 3.05) is 13.2 Å². The van der Waals surface area contributed by atoms with Crippen LogP contribution in [0, 0.1) is 35.9 Å². The zero-order chi connectivity index (χ0) is 29.1. The number of aryl methyl sites for hydroxylation is 1. The summed E-state index contributed by atoms with van der Waals surface area (Å²) >= 11 is 0. The second kappa shape index (κ2) is 15.0. The molecule has 2 aromatic heterocycles. The molecule has 11 nitrogen and oxygen atoms in total. The van der Waals surface area contributed by atoms with Crippen LogP contribution in [0.25, 0.3) is 6.20 Å². The number of aliphatic hydroxyl groups excluding tert-OH is 1. The van der Waals surface area contributed by atoms with Crippen LogP contribution in [0.2, 0.25) is 0 Å². The first-order valence-electron chi connectivity index (χ1n) is 13.6. The minimum atomic E-state index is -0.427. The van der Waals surface area contributed by atoms with Crippen molar-refractivity contribution < 1.29 is 14.3 Å². The number of aromatic nitrogens is 4. The smallest absolute Gasteiger partial charge is 0.226 e. The summed E-state index contributed by atoms with van der Waals surface area (Å²) in [5, 5.41) is 28.3. The van der Waals surface area contributed by atoms with Crippen molar-refractivity contribution in [3.63, 3.8) is 0 Å². The lowest BCUT2D eigenvalue weighted by molar-refractivity contribution is -0.140. The van der Waals surface area contributed by atoms with Gasteiger partial charge in [-0.3, -0.25) is 14.9 Å². The molecule has 1 unspecified atom stereocenters. The fourth-order valence-corrected chi connectivity index (χ4v) is 4.83. The van der Waals surface area contributed by atoms with E-state index in [4.69, 9.17) is 11.1 Å². The van der Waals surface area contributed by atoms with Crippen LogP contribution in [-0.4, -0.2) is 73.3 Å². The number of amides is 1. The topological polar surface area (TPSA) is 162 Å². The van der Waals surface area contributed by atoms with E-state index in [1.54, 1.807) is 29.3 Å². The van der Waals surface area contributed by atoms with Gasteiger partial charge in [-0.25, -0.2) is 14.1 Å². The maximum atomic E-state index is 13.5. The average molecular weight is 554 g/mol. The van der Waals surface area contributed by atoms with Crippen molar-refractivity contribution >= 4 is 36.2 Å². The molecule has 5 N–H and O–H groups in total. The van der Waals surface area contributed by atoms with Gasteiger partial charge in [-0.15, -0.1) is 0 Å². The first kappa shape index (κ1) is 30.6. The summed E-state index contributed by atoms with van der Waals surface area (Å²) in [4.78, 5) is 24.0. The van der Waals surface area contributed by atoms with Crippen LogP contribution in [0.15, 0.2) is 46.3 Å². The molecule has 40 heavy (non-hydrogen) atoms. The predicted octanol–water partition coefficient (Wildman–Crippen LogP) is 3.86. The maximum absolute atomic E-state index is 13.5. The average Bonchev–Trinajstić information content (AvgIpc) is 3.54. The van der Waals surface area contributed by atoms with Crippen molar-refractivity contribution in [1.82, 2.24) is 24.9 Å². The standard InChI is InChI=1S/C28H40FN9O2/c1-19(13-26(31)34-27-14-20(2)35-36-27)32-16-22-6-8-23(9-7-22)28(40)38(11-12-39)21(3)24(15-30)5-4-10-37-18-25(29)17-33-37/h4,10,13-18,21-24,30,39H,5-9,11-12H2,1-3H3,(H3,31,34,35,36)/b10-4+,19-13-,30-15?,32-16?/t21-,22?,23?,24?/m1/s1. The van der Waals surface area contributed by atoms with E-state index in [2.05, 4.69) is 25.3 Å². The number of carbonyl (C=O) groups excluding carboxylic acids is 1. The number of H-pyrrole nitrogens is 1. The first-order chi connectivity index (χ1) is 19.2. The number of amidine groups is 1. The molecule has 2 aromatic rings. The Balaban J connectivity index is 1.54. The van der Waals surface area contributed by atoms with E-state index in [1.165, 1.54) is 17.1 Å². The van der Waals surface area contributed by atoms with Gasteiger partial charge in [0.15, 0.2) is 11.6 Å². The highest BCUT2D eigenvalue weighted by Crippen LogP contribution is 2.30. The van der Waals surface area contributed by atoms with Gasteiger partial charge in [0.2, 0.25) is 5.91 Å². The van der Waals surface area contributed by atoms with Gasteiger partial charge in [-0.05, 0) is 58.8 Å². The number of halogens is 1. The van der Waals surface area contributed by atoms with Gasteiger partial charge in [0.05, 0.1) is 19.0 Å². The number of nitrogens with one attached hydrogen (secondary N) is 2. The molecule has 0 aromatic carbocycles. The summed E-state index contributed by atoms with van der Waals surface area (Å²) in [7, 11) is 0. The largest absolute Gasteiger partial charge is 0.395 e. The van der Waals surface area contributed by atoms with Gasteiger partial charge >= 0.3 is 0 Å². The molecule has 1 amide bonds. The van der Waals surface area contributed by atoms with Crippen LogP contribution >= 0.6 is 0 Å². The summed E-state index contributed by atoms with van der Waals surface area (Å²) < 4.78 is 14.5. The van der Waals surface area contributed by atoms with Crippen LogP contribution in [0.5, 0.6) is 0 Å². The zero-order valence-electron chi connectivity index (χ0n) is 23.4. The quantitative estimate of drug-likeness (QED) is 0.218. The minimum absolute atomic E-state index is 0.00980. The van der Waals surface area contributed by atoms with Crippen molar-refractivity contribution in [2.24, 2.45) is 33.5 Å². The van der Waals surface area contributed by atoms with E-state index < -0.39 is 5.82 Å². The van der Waals surface area contributed by atoms with E-state index in [-0.39, 0.29) is 42.9 Å². The first-order valence-corrected chi connectivity index (χ1v) is 13.6. The van der Waals surface area contributed by atoms with E-state index in [1.807, 2.05) is 27.0 Å². The summed E-state index contributed by atoms with van der Waals surface area (Å²) in [5.74, 6) is 0.296. The van der Waals surface area contributed by atoms with Gasteiger partial charge in [0, 0.05) is 66.6 Å². The molecule has 2 atom stereocenters. The molecule has 0 saturated heterocycles. The third-order valence-electron chi connectivity index (χ3n) is 7.09. The number of carbonyl (C=O) groups is 1. The SMILES string of the molecule is C/C(=C/C(N)=Nc1cc(C)[nH]n1)N=CC1CCC(C(=O)N(CCO)[C@H](C)C(C=N)C/C=C/n2cc(F)cn2)CC1. The normalized spacial score (nSPS) is 20.2. The molecule has 2 heterocycles. The Hall–Kier alpha value is -3.93. The Morgan fingerprint density at radius 1 is 1.40 bits per heavy atom. The van der Waals surface area contributed by atoms with E-state index in [0.717, 1.165) is 43.3 Å². The molecule has 3 rings (SSSR count). The van der Waals surface area contributed by atoms with Gasteiger partial charge < -0.3 is 21.1 Å². The Kier molecular flexibility index (Phi) is 11.5. The van der Waals surface area contributed by atoms with Crippen LogP contribution in [0.1, 0.15) is 51.6 Å². The third kappa shape index (κ3) is 9.08. The van der Waals surface area contributed by atoms with E-state index >= 15 is 0 Å². The lowest BCUT2D eigenvalue weighted by atomic mass is 9.81. The molecule has 1 saturated carbocycles. The summed E-state index contributed by atoms with van der Waals surface area (Å²) in [5.41, 5.74) is 7.63. The second-order valence-corrected chi connectivity index (χ2v) is 10.2. The number of aliphatic imine (C=N–C) groups is 2. The number of hydrogen-bond donors (Lipinski definition) is 4. The predicted molar refractivity (Wildman–Crippen MR) is 155 cm³/mol. The molecule has 12 heteroatoms. The third-order valence-corrected chi connectivity index (χ3v) is 7.09. The lowest BCUT2D eigenvalue weighted by Crippen LogP contribution is -2.48. The van der Waals surface area contributed by atoms with Crippen LogP contribution < -0.4 is 5.73 Å². The van der Waals surface area contributed by atoms with Crippen molar-refractivity contribution in [1.29, 1.82) is 5.41 Å². The van der Waals surface area contributed by atoms with E-state index in [0.29, 0.717) is 18.1 Å². The van der Waals surface area contributed by atoms with Crippen molar-refractivity contribution in [3.05, 3.63) is 47.8 Å². The molecule has 1 aliphatic carbocycles. The van der Waals surface area contributed by atoms with Crippen LogP contribution in [0.4, 0.5) is 10.2 Å². The highest BCUT2D eigenvalue weighted by atomic mass is 19.1. The molecule has 0 aliphatic heterocycles. The number of nitrogens with zero attached hydrogens (tertiary/aromatic N) is 6. The number of nitrogens with two attached hydrogens (primary N) is 1. The van der Waals surface area contributed by atoms with Gasteiger partial charge in [-0.1, -0.05) is 6.08 Å². The van der Waals surface area contributed by atoms with Gasteiger partial charge in [0.1, 0.15) is 5.84 Å². The lowest BCUT2D eigenvalue weighted by Gasteiger charge is -2.36. The molecule has 1 aliphatic rings. The minimum Gasteiger partial charge on any atom is -0.395 e. The second-order valence-electron chi connectivity index (χ2n) is 10.2. The number of rotatable bonds is 13. The van der Waals surface area contributed by atoms with Crippen LogP contribution in [-0.2, 0) is 4.79 Å². The Morgan fingerprint density at radius 3 is 2.75 bits per heavy atom. The number of aromatic amines is 1. The summed E-state index contributed by atoms with van der Waals surface area (Å²) in [6.07, 6.45) is 14.4. The zero-order valence-corrected chi connectivity index (χ0v) is 23.4. The molecule has 0 spiro atoms. The fourth-order valence-electron chi connectivity index (χ4n) is 4.83. The number of hydrogen-bond acceptors (Lipinski definition) is 7. The molecule has 0 radical (unpaired) electrons. The highest BCUT2D eigenvalue weighted by Gasteiger charge is 2.32. The van der Waals surface area contributed by atoms with Crippen molar-refractivity contribution in [2.45, 2.75) is 58.9 Å². The Morgan fingerprint density at radius 2 is 2.15 bits per heavy atom. The van der Waals surface area contributed by atoms with Gasteiger partial charge in [-0.2, -0.15) is 10.2 Å². The molecule has 1 fully saturated rings. The number of allylic oxidation sites excluding steroid dienone is 2. The van der Waals surface area contributed by atoms with Crippen LogP contribution in [0.3, 0.4) is 0 Å². The van der Waals surface area contributed by atoms with Crippen molar-refractivity contribution in [3.8, 4) is 0 Å².